The number of hydrogen-bond donors (Lipinski definition) is 0. The molecule has 7 heteroatoms. The molecule has 32 heavy (non-hydrogen) atoms. The van der Waals surface area contributed by atoms with E-state index in [1.165, 1.54) is 0 Å². The van der Waals surface area contributed by atoms with Crippen LogP contribution in [-0.2, 0) is 13.1 Å². The summed E-state index contributed by atoms with van der Waals surface area (Å²) in [6, 6.07) is 19.9. The summed E-state index contributed by atoms with van der Waals surface area (Å²) in [5, 5.41) is 0. The molecule has 0 amide bonds. The predicted octanol–water partition coefficient (Wildman–Crippen LogP) is 5.15. The van der Waals surface area contributed by atoms with Gasteiger partial charge < -0.3 is 4.74 Å². The van der Waals surface area contributed by atoms with Crippen LogP contribution in [0.2, 0.25) is 0 Å². The van der Waals surface area contributed by atoms with E-state index in [-0.39, 0.29) is 5.69 Å². The second-order valence-corrected chi connectivity index (χ2v) is 7.69. The number of benzene rings is 2. The maximum absolute atomic E-state index is 13.0. The van der Waals surface area contributed by atoms with Crippen LogP contribution in [0.15, 0.2) is 71.7 Å². The Bertz CT molecular complexity index is 1440. The van der Waals surface area contributed by atoms with Crippen LogP contribution < -0.4 is 10.4 Å². The lowest BCUT2D eigenvalue weighted by atomic mass is 10.3. The van der Waals surface area contributed by atoms with Crippen molar-refractivity contribution in [3.8, 4) is 17.4 Å². The molecule has 0 atom stereocenters. The Balaban J connectivity index is 1.50. The first-order chi connectivity index (χ1) is 15.7. The molecular weight excluding hydrogens is 402 g/mol. The maximum atomic E-state index is 13.0. The highest BCUT2D eigenvalue weighted by molar-refractivity contribution is 5.77. The minimum Gasteiger partial charge on any atom is -0.425 e. The summed E-state index contributed by atoms with van der Waals surface area (Å²) in [4.78, 5) is 22.1. The van der Waals surface area contributed by atoms with Crippen molar-refractivity contribution >= 4 is 22.2 Å². The van der Waals surface area contributed by atoms with Crippen LogP contribution in [0, 0.1) is 0 Å². The zero-order valence-corrected chi connectivity index (χ0v) is 18.2. The first kappa shape index (κ1) is 20.1. The smallest absolute Gasteiger partial charge is 0.334 e. The molecule has 5 aromatic rings. The SMILES string of the molecule is CCCCn1c(Oc2ccc(-n3c(=O)n(CC)c4cccnc43)cc2)nc2ccccc21. The quantitative estimate of drug-likeness (QED) is 0.360. The summed E-state index contributed by atoms with van der Waals surface area (Å²) in [6.45, 7) is 5.57. The third kappa shape index (κ3) is 3.36. The molecule has 0 unspecified atom stereocenters. The van der Waals surface area contributed by atoms with Gasteiger partial charge in [0.05, 0.1) is 22.2 Å². The van der Waals surface area contributed by atoms with E-state index in [0.717, 1.165) is 41.6 Å². The van der Waals surface area contributed by atoms with E-state index in [9.17, 15) is 4.79 Å². The Labute approximate surface area is 185 Å². The zero-order valence-electron chi connectivity index (χ0n) is 18.2. The van der Waals surface area contributed by atoms with Crippen LogP contribution in [-0.4, -0.2) is 23.7 Å². The molecule has 3 heterocycles. The molecule has 0 aliphatic carbocycles. The average Bonchev–Trinajstić information content (AvgIpc) is 3.31. The van der Waals surface area contributed by atoms with Gasteiger partial charge in [-0.25, -0.2) is 14.3 Å². The fourth-order valence-electron chi connectivity index (χ4n) is 4.06. The molecule has 3 aromatic heterocycles. The average molecular weight is 428 g/mol. The number of rotatable bonds is 7. The summed E-state index contributed by atoms with van der Waals surface area (Å²) in [5.41, 5.74) is 4.10. The molecule has 2 aromatic carbocycles. The van der Waals surface area contributed by atoms with Gasteiger partial charge in [0.25, 0.3) is 0 Å². The van der Waals surface area contributed by atoms with Crippen molar-refractivity contribution in [3.63, 3.8) is 0 Å². The van der Waals surface area contributed by atoms with Gasteiger partial charge in [0.15, 0.2) is 5.65 Å². The number of aromatic nitrogens is 5. The van der Waals surface area contributed by atoms with Crippen LogP contribution in [0.3, 0.4) is 0 Å². The van der Waals surface area contributed by atoms with Crippen LogP contribution >= 0.6 is 0 Å². The topological polar surface area (TPSA) is 66.9 Å². The number of ether oxygens (including phenoxy) is 1. The molecule has 0 saturated heterocycles. The lowest BCUT2D eigenvalue weighted by Crippen LogP contribution is -2.22. The lowest BCUT2D eigenvalue weighted by Gasteiger charge is -2.10. The highest BCUT2D eigenvalue weighted by Crippen LogP contribution is 2.27. The van der Waals surface area contributed by atoms with E-state index >= 15 is 0 Å². The summed E-state index contributed by atoms with van der Waals surface area (Å²) in [6.07, 6.45) is 3.85. The van der Waals surface area contributed by atoms with Crippen LogP contribution in [0.5, 0.6) is 11.8 Å². The molecule has 162 valence electrons. The predicted molar refractivity (Wildman–Crippen MR) is 126 cm³/mol. The van der Waals surface area contributed by atoms with E-state index in [4.69, 9.17) is 4.74 Å². The van der Waals surface area contributed by atoms with Crippen molar-refractivity contribution < 1.29 is 4.74 Å². The van der Waals surface area contributed by atoms with Gasteiger partial charge in [-0.3, -0.25) is 9.13 Å². The molecule has 0 saturated carbocycles. The first-order valence-corrected chi connectivity index (χ1v) is 11.0. The van der Waals surface area contributed by atoms with Gasteiger partial charge in [-0.2, -0.15) is 4.98 Å². The third-order valence-electron chi connectivity index (χ3n) is 5.67. The second-order valence-electron chi connectivity index (χ2n) is 7.69. The number of pyridine rings is 1. The van der Waals surface area contributed by atoms with Gasteiger partial charge in [-0.15, -0.1) is 0 Å². The van der Waals surface area contributed by atoms with Crippen molar-refractivity contribution in [1.82, 2.24) is 23.7 Å². The van der Waals surface area contributed by atoms with E-state index < -0.39 is 0 Å². The van der Waals surface area contributed by atoms with E-state index in [1.54, 1.807) is 15.3 Å². The Morgan fingerprint density at radius 3 is 2.47 bits per heavy atom. The van der Waals surface area contributed by atoms with Crippen LogP contribution in [0.4, 0.5) is 0 Å². The molecule has 0 bridgehead atoms. The van der Waals surface area contributed by atoms with Crippen molar-refractivity contribution in [2.45, 2.75) is 39.8 Å². The van der Waals surface area contributed by atoms with Gasteiger partial charge in [0.1, 0.15) is 5.75 Å². The number of aryl methyl sites for hydroxylation is 2. The van der Waals surface area contributed by atoms with Gasteiger partial charge in [-0.05, 0) is 61.9 Å². The highest BCUT2D eigenvalue weighted by Gasteiger charge is 2.15. The Kier molecular flexibility index (Phi) is 5.23. The standard InChI is InChI=1S/C25H25N5O2/c1-3-5-17-29-21-10-7-6-9-20(21)27-24(29)32-19-14-12-18(13-15-19)30-23-22(11-8-16-26-23)28(4-2)25(30)31/h6-16H,3-5,17H2,1-2H3. The molecule has 0 fully saturated rings. The number of nitrogens with zero attached hydrogens (tertiary/aromatic N) is 5. The van der Waals surface area contributed by atoms with Crippen molar-refractivity contribution in [2.75, 3.05) is 0 Å². The minimum atomic E-state index is -0.101. The normalized spacial score (nSPS) is 11.4. The summed E-state index contributed by atoms with van der Waals surface area (Å²) in [5.74, 6) is 0.669. The monoisotopic (exact) mass is 427 g/mol. The molecule has 0 aliphatic heterocycles. The van der Waals surface area contributed by atoms with Crippen molar-refractivity contribution in [1.29, 1.82) is 0 Å². The van der Waals surface area contributed by atoms with Gasteiger partial charge >= 0.3 is 11.7 Å². The number of fused-ring (bicyclic) bond motifs is 2. The van der Waals surface area contributed by atoms with E-state index in [0.29, 0.717) is 24.0 Å². The Morgan fingerprint density at radius 1 is 0.906 bits per heavy atom. The lowest BCUT2D eigenvalue weighted by molar-refractivity contribution is 0.411. The highest BCUT2D eigenvalue weighted by atomic mass is 16.5. The number of unbranched alkanes of at least 4 members (excludes halogenated alkanes) is 1. The van der Waals surface area contributed by atoms with E-state index in [1.807, 2.05) is 61.5 Å². The molecule has 0 aliphatic rings. The largest absolute Gasteiger partial charge is 0.425 e. The molecule has 0 radical (unpaired) electrons. The van der Waals surface area contributed by atoms with Gasteiger partial charge in [0.2, 0.25) is 0 Å². The van der Waals surface area contributed by atoms with Crippen LogP contribution in [0.1, 0.15) is 26.7 Å². The zero-order chi connectivity index (χ0) is 22.1. The Morgan fingerprint density at radius 2 is 1.69 bits per heavy atom. The number of imidazole rings is 2. The van der Waals surface area contributed by atoms with Gasteiger partial charge in [-0.1, -0.05) is 25.5 Å². The summed E-state index contributed by atoms with van der Waals surface area (Å²) >= 11 is 0. The molecule has 7 nitrogen and oxygen atoms in total. The summed E-state index contributed by atoms with van der Waals surface area (Å²) < 4.78 is 11.7. The Hall–Kier alpha value is -3.87. The molecule has 0 N–H and O–H groups in total. The maximum Gasteiger partial charge on any atom is 0.334 e. The molecule has 0 spiro atoms. The fraction of sp³-hybridized carbons (Fsp3) is 0.240. The third-order valence-corrected chi connectivity index (χ3v) is 5.67. The summed E-state index contributed by atoms with van der Waals surface area (Å²) in [7, 11) is 0. The molecule has 5 rings (SSSR count). The van der Waals surface area contributed by atoms with Crippen molar-refractivity contribution in [3.05, 3.63) is 77.3 Å². The van der Waals surface area contributed by atoms with Gasteiger partial charge in [0, 0.05) is 19.3 Å². The van der Waals surface area contributed by atoms with Crippen LogP contribution in [0.25, 0.3) is 27.9 Å². The molecular formula is C25H25N5O2. The number of para-hydroxylation sites is 2. The van der Waals surface area contributed by atoms with Crippen molar-refractivity contribution in [2.24, 2.45) is 0 Å². The van der Waals surface area contributed by atoms with E-state index in [2.05, 4.69) is 27.5 Å². The first-order valence-electron chi connectivity index (χ1n) is 11.0. The fourth-order valence-corrected chi connectivity index (χ4v) is 4.06. The minimum absolute atomic E-state index is 0.101. The second kappa shape index (κ2) is 8.34. The number of hydrogen-bond acceptors (Lipinski definition) is 4.